The van der Waals surface area contributed by atoms with E-state index in [9.17, 15) is 18.0 Å². The zero-order valence-electron chi connectivity index (χ0n) is 14.7. The van der Waals surface area contributed by atoms with Gasteiger partial charge in [0.2, 0.25) is 5.82 Å². The van der Waals surface area contributed by atoms with Crippen LogP contribution >= 0.6 is 11.6 Å². The first-order chi connectivity index (χ1) is 13.7. The van der Waals surface area contributed by atoms with Crippen LogP contribution in [0, 0.1) is 0 Å². The molecule has 150 valence electrons. The first kappa shape index (κ1) is 19.1. The molecular formula is C18H12ClF3N4O3. The Labute approximate surface area is 165 Å². The number of fused-ring (bicyclic) bond motifs is 1. The third kappa shape index (κ3) is 3.83. The number of benzene rings is 2. The first-order valence-electron chi connectivity index (χ1n) is 8.30. The van der Waals surface area contributed by atoms with Crippen molar-refractivity contribution in [2.24, 2.45) is 0 Å². The van der Waals surface area contributed by atoms with E-state index < -0.39 is 12.3 Å². The van der Waals surface area contributed by atoms with E-state index in [0.717, 1.165) is 6.92 Å². The average Bonchev–Trinajstić information content (AvgIpc) is 3.27. The number of alkyl halides is 3. The molecule has 0 aliphatic carbocycles. The molecular weight excluding hydrogens is 413 g/mol. The van der Waals surface area contributed by atoms with E-state index in [1.165, 1.54) is 18.2 Å². The van der Waals surface area contributed by atoms with E-state index in [2.05, 4.69) is 20.1 Å². The SMILES string of the molecule is CC(Oc1ccc(-c2nc(-c3ccc4[nH]c(=O)[nH]c4c3)no2)cc1Cl)C(F)(F)F. The topological polar surface area (TPSA) is 96.8 Å². The van der Waals surface area contributed by atoms with Gasteiger partial charge in [-0.2, -0.15) is 18.2 Å². The zero-order chi connectivity index (χ0) is 20.8. The molecule has 0 amide bonds. The van der Waals surface area contributed by atoms with Gasteiger partial charge in [0.1, 0.15) is 5.75 Å². The van der Waals surface area contributed by atoms with Crippen LogP contribution in [0.1, 0.15) is 6.92 Å². The predicted molar refractivity (Wildman–Crippen MR) is 98.8 cm³/mol. The van der Waals surface area contributed by atoms with Gasteiger partial charge in [0.15, 0.2) is 6.10 Å². The predicted octanol–water partition coefficient (Wildman–Crippen LogP) is 4.56. The molecule has 2 N–H and O–H groups in total. The molecule has 4 rings (SSSR count). The lowest BCUT2D eigenvalue weighted by molar-refractivity contribution is -0.189. The molecule has 0 bridgehead atoms. The van der Waals surface area contributed by atoms with Gasteiger partial charge in [-0.05, 0) is 43.3 Å². The highest BCUT2D eigenvalue weighted by atomic mass is 35.5. The highest BCUT2D eigenvalue weighted by Gasteiger charge is 2.38. The minimum absolute atomic E-state index is 0.0235. The molecule has 7 nitrogen and oxygen atoms in total. The van der Waals surface area contributed by atoms with E-state index in [4.69, 9.17) is 20.9 Å². The lowest BCUT2D eigenvalue weighted by atomic mass is 10.2. The summed E-state index contributed by atoms with van der Waals surface area (Å²) < 4.78 is 48.0. The fraction of sp³-hybridized carbons (Fsp3) is 0.167. The molecule has 0 saturated carbocycles. The molecule has 11 heteroatoms. The maximum atomic E-state index is 12.7. The number of hydrogen-bond donors (Lipinski definition) is 2. The standard InChI is InChI=1S/C18H12ClF3N4O3/c1-8(18(20,21)22)28-14-5-3-10(6-11(14)19)16-25-15(26-29-16)9-2-4-12-13(7-9)24-17(27)23-12/h2-8H,1H3,(H2,23,24,27). The van der Waals surface area contributed by atoms with Crippen LogP contribution in [0.15, 0.2) is 45.7 Å². The average molecular weight is 425 g/mol. The van der Waals surface area contributed by atoms with Gasteiger partial charge in [-0.15, -0.1) is 0 Å². The Kier molecular flexibility index (Phi) is 4.58. The van der Waals surface area contributed by atoms with Gasteiger partial charge in [0.05, 0.1) is 16.1 Å². The number of rotatable bonds is 4. The summed E-state index contributed by atoms with van der Waals surface area (Å²) >= 11 is 6.05. The van der Waals surface area contributed by atoms with Gasteiger partial charge in [-0.25, -0.2) is 4.79 Å². The van der Waals surface area contributed by atoms with E-state index in [1.54, 1.807) is 18.2 Å². The van der Waals surface area contributed by atoms with Crippen LogP contribution in [0.5, 0.6) is 5.75 Å². The Morgan fingerprint density at radius 2 is 1.83 bits per heavy atom. The lowest BCUT2D eigenvalue weighted by Crippen LogP contribution is -2.31. The Hall–Kier alpha value is -3.27. The Balaban J connectivity index is 1.60. The van der Waals surface area contributed by atoms with Crippen molar-refractivity contribution in [2.75, 3.05) is 0 Å². The molecule has 2 aromatic heterocycles. The summed E-state index contributed by atoms with van der Waals surface area (Å²) in [5, 5.41) is 3.87. The van der Waals surface area contributed by atoms with Crippen LogP contribution in [0.4, 0.5) is 13.2 Å². The van der Waals surface area contributed by atoms with Crippen LogP contribution in [0.25, 0.3) is 33.9 Å². The van der Waals surface area contributed by atoms with E-state index in [1.807, 2.05) is 0 Å². The fourth-order valence-corrected chi connectivity index (χ4v) is 2.84. The minimum Gasteiger partial charge on any atom is -0.480 e. The molecule has 4 aromatic rings. The van der Waals surface area contributed by atoms with Crippen molar-refractivity contribution in [3.8, 4) is 28.6 Å². The summed E-state index contributed by atoms with van der Waals surface area (Å²) in [7, 11) is 0. The largest absolute Gasteiger partial charge is 0.480 e. The van der Waals surface area contributed by atoms with E-state index in [0.29, 0.717) is 22.2 Å². The smallest absolute Gasteiger partial charge is 0.425 e. The summed E-state index contributed by atoms with van der Waals surface area (Å²) in [5.74, 6) is 0.285. The fourth-order valence-electron chi connectivity index (χ4n) is 2.62. The Bertz CT molecular complexity index is 1250. The highest BCUT2D eigenvalue weighted by Crippen LogP contribution is 2.33. The number of nitrogens with one attached hydrogen (secondary N) is 2. The molecule has 0 saturated heterocycles. The molecule has 0 fully saturated rings. The first-order valence-corrected chi connectivity index (χ1v) is 8.68. The van der Waals surface area contributed by atoms with E-state index >= 15 is 0 Å². The van der Waals surface area contributed by atoms with Crippen LogP contribution in [0.2, 0.25) is 5.02 Å². The monoisotopic (exact) mass is 424 g/mol. The van der Waals surface area contributed by atoms with Crippen molar-refractivity contribution in [3.05, 3.63) is 51.9 Å². The van der Waals surface area contributed by atoms with Crippen LogP contribution in [0.3, 0.4) is 0 Å². The quantitative estimate of drug-likeness (QED) is 0.500. The summed E-state index contributed by atoms with van der Waals surface area (Å²) in [4.78, 5) is 20.9. The number of aromatic nitrogens is 4. The van der Waals surface area contributed by atoms with E-state index in [-0.39, 0.29) is 28.2 Å². The van der Waals surface area contributed by atoms with Gasteiger partial charge >= 0.3 is 11.9 Å². The lowest BCUT2D eigenvalue weighted by Gasteiger charge is -2.18. The van der Waals surface area contributed by atoms with Crippen molar-refractivity contribution < 1.29 is 22.4 Å². The Morgan fingerprint density at radius 3 is 2.55 bits per heavy atom. The summed E-state index contributed by atoms with van der Waals surface area (Å²) in [6.45, 7) is 0.892. The third-order valence-electron chi connectivity index (χ3n) is 4.14. The second-order valence-electron chi connectivity index (χ2n) is 6.21. The van der Waals surface area contributed by atoms with Crippen molar-refractivity contribution in [1.82, 2.24) is 20.1 Å². The summed E-state index contributed by atoms with van der Waals surface area (Å²) in [6.07, 6.45) is -6.51. The van der Waals surface area contributed by atoms with Crippen molar-refractivity contribution in [1.29, 1.82) is 0 Å². The minimum atomic E-state index is -4.51. The summed E-state index contributed by atoms with van der Waals surface area (Å²) in [6, 6.07) is 9.25. The van der Waals surface area contributed by atoms with Gasteiger partial charge in [0, 0.05) is 11.1 Å². The molecule has 1 atom stereocenters. The number of nitrogens with zero attached hydrogens (tertiary/aromatic N) is 2. The molecule has 2 heterocycles. The number of imidazole rings is 1. The number of ether oxygens (including phenoxy) is 1. The van der Waals surface area contributed by atoms with Crippen molar-refractivity contribution in [2.45, 2.75) is 19.2 Å². The second-order valence-corrected chi connectivity index (χ2v) is 6.62. The highest BCUT2D eigenvalue weighted by molar-refractivity contribution is 6.32. The normalized spacial score (nSPS) is 13.0. The number of H-pyrrole nitrogens is 2. The van der Waals surface area contributed by atoms with Gasteiger partial charge in [0.25, 0.3) is 5.89 Å². The summed E-state index contributed by atoms with van der Waals surface area (Å²) in [5.41, 5.74) is 1.91. The van der Waals surface area contributed by atoms with Gasteiger partial charge < -0.3 is 19.2 Å². The molecule has 0 aliphatic rings. The molecule has 0 radical (unpaired) electrons. The maximum Gasteiger partial charge on any atom is 0.425 e. The maximum absolute atomic E-state index is 12.7. The molecule has 0 spiro atoms. The molecule has 29 heavy (non-hydrogen) atoms. The third-order valence-corrected chi connectivity index (χ3v) is 4.44. The number of halogens is 4. The van der Waals surface area contributed by atoms with Crippen LogP contribution in [-0.4, -0.2) is 32.4 Å². The van der Waals surface area contributed by atoms with Crippen molar-refractivity contribution in [3.63, 3.8) is 0 Å². The molecule has 0 aliphatic heterocycles. The molecule has 1 unspecified atom stereocenters. The van der Waals surface area contributed by atoms with Crippen molar-refractivity contribution >= 4 is 22.6 Å². The number of hydrogen-bond acceptors (Lipinski definition) is 5. The van der Waals surface area contributed by atoms with Crippen LogP contribution < -0.4 is 10.4 Å². The van der Waals surface area contributed by atoms with Gasteiger partial charge in [-0.1, -0.05) is 16.8 Å². The molecule has 2 aromatic carbocycles. The zero-order valence-corrected chi connectivity index (χ0v) is 15.4. The number of aromatic amines is 2. The Morgan fingerprint density at radius 1 is 1.10 bits per heavy atom. The second kappa shape index (κ2) is 6.96. The van der Waals surface area contributed by atoms with Crippen LogP contribution in [-0.2, 0) is 0 Å². The van der Waals surface area contributed by atoms with Gasteiger partial charge in [-0.3, -0.25) is 0 Å².